The van der Waals surface area contributed by atoms with Gasteiger partial charge in [-0.2, -0.15) is 5.10 Å². The number of rotatable bonds is 3. The average molecular weight is 391 g/mol. The second kappa shape index (κ2) is 6.38. The Kier molecular flexibility index (Phi) is 3.55. The van der Waals surface area contributed by atoms with Crippen molar-refractivity contribution in [1.82, 2.24) is 34.7 Å². The summed E-state index contributed by atoms with van der Waals surface area (Å²) in [5.41, 5.74) is 7.74. The molecule has 0 spiro atoms. The Morgan fingerprint density at radius 3 is 2.67 bits per heavy atom. The minimum atomic E-state index is 0.756. The normalized spacial score (nSPS) is 11.5. The zero-order valence-electron chi connectivity index (χ0n) is 16.2. The molecule has 5 aromatic heterocycles. The van der Waals surface area contributed by atoms with Crippen LogP contribution in [-0.2, 0) is 0 Å². The van der Waals surface area contributed by atoms with Crippen molar-refractivity contribution in [3.05, 3.63) is 79.3 Å². The molecule has 7 heteroatoms. The Labute approximate surface area is 171 Å². The second-order valence-corrected chi connectivity index (χ2v) is 7.27. The maximum atomic E-state index is 4.56. The highest BCUT2D eigenvalue weighted by Crippen LogP contribution is 2.32. The number of benzene rings is 1. The smallest absolute Gasteiger partial charge is 0.155 e. The highest BCUT2D eigenvalue weighted by Gasteiger charge is 2.15. The van der Waals surface area contributed by atoms with Crippen molar-refractivity contribution in [3.63, 3.8) is 0 Å². The minimum absolute atomic E-state index is 0.756. The number of nitrogens with zero attached hydrogens (tertiary/aromatic N) is 5. The number of nitrogens with one attached hydrogen (secondary N) is 2. The van der Waals surface area contributed by atoms with Crippen molar-refractivity contribution in [3.8, 4) is 28.2 Å². The van der Waals surface area contributed by atoms with Gasteiger partial charge in [-0.1, -0.05) is 6.07 Å². The quantitative estimate of drug-likeness (QED) is 0.459. The fourth-order valence-electron chi connectivity index (χ4n) is 3.86. The number of imidazole rings is 1. The molecule has 0 radical (unpaired) electrons. The number of aromatic amines is 2. The van der Waals surface area contributed by atoms with E-state index in [2.05, 4.69) is 54.4 Å². The fraction of sp³-hybridized carbons (Fsp3) is 0.0435. The summed E-state index contributed by atoms with van der Waals surface area (Å²) in [6.45, 7) is 1.99. The molecule has 0 aliphatic carbocycles. The Morgan fingerprint density at radius 1 is 0.933 bits per heavy atom. The first-order valence-corrected chi connectivity index (χ1v) is 9.64. The van der Waals surface area contributed by atoms with Crippen LogP contribution >= 0.6 is 0 Å². The molecule has 6 rings (SSSR count). The number of hydrogen-bond donors (Lipinski definition) is 2. The fourth-order valence-corrected chi connectivity index (χ4v) is 3.86. The van der Waals surface area contributed by atoms with Gasteiger partial charge in [0.15, 0.2) is 5.65 Å². The maximum absolute atomic E-state index is 4.56. The van der Waals surface area contributed by atoms with Gasteiger partial charge in [0.25, 0.3) is 0 Å². The van der Waals surface area contributed by atoms with E-state index in [1.165, 1.54) is 0 Å². The van der Waals surface area contributed by atoms with Crippen LogP contribution in [-0.4, -0.2) is 34.7 Å². The molecule has 30 heavy (non-hydrogen) atoms. The average Bonchev–Trinajstić information content (AvgIpc) is 3.51. The summed E-state index contributed by atoms with van der Waals surface area (Å²) in [6, 6.07) is 14.4. The topological polar surface area (TPSA) is 88.1 Å². The summed E-state index contributed by atoms with van der Waals surface area (Å²) in [5.74, 6) is 0. The number of pyridine rings is 2. The standard InChI is InChI=1S/C23H17N7/c1-14-12-30(13-26-14)21-4-2-3-19-17(21)10-20(27-19)22-18-9-16(11-25-23(18)29-28-22)15-5-7-24-8-6-15/h2-13,27H,1H3,(H,25,28,29). The van der Waals surface area contributed by atoms with Crippen molar-refractivity contribution in [2.24, 2.45) is 0 Å². The van der Waals surface area contributed by atoms with Crippen LogP contribution in [0.15, 0.2) is 73.6 Å². The van der Waals surface area contributed by atoms with Gasteiger partial charge < -0.3 is 9.55 Å². The lowest BCUT2D eigenvalue weighted by Crippen LogP contribution is -1.89. The van der Waals surface area contributed by atoms with Gasteiger partial charge in [0.1, 0.15) is 5.69 Å². The summed E-state index contributed by atoms with van der Waals surface area (Å²) in [6.07, 6.45) is 9.28. The van der Waals surface area contributed by atoms with Gasteiger partial charge in [-0.15, -0.1) is 0 Å². The zero-order chi connectivity index (χ0) is 20.1. The van der Waals surface area contributed by atoms with Gasteiger partial charge in [-0.05, 0) is 48.9 Å². The summed E-state index contributed by atoms with van der Waals surface area (Å²) in [7, 11) is 0. The van der Waals surface area contributed by atoms with E-state index in [9.17, 15) is 0 Å². The third-order valence-corrected chi connectivity index (χ3v) is 5.32. The number of hydrogen-bond acceptors (Lipinski definition) is 4. The van der Waals surface area contributed by atoms with Crippen LogP contribution in [0.1, 0.15) is 5.69 Å². The van der Waals surface area contributed by atoms with Crippen LogP contribution in [0.3, 0.4) is 0 Å². The second-order valence-electron chi connectivity index (χ2n) is 7.27. The van der Waals surface area contributed by atoms with Crippen molar-refractivity contribution >= 4 is 21.9 Å². The van der Waals surface area contributed by atoms with Crippen LogP contribution < -0.4 is 0 Å². The van der Waals surface area contributed by atoms with E-state index < -0.39 is 0 Å². The third-order valence-electron chi connectivity index (χ3n) is 5.32. The van der Waals surface area contributed by atoms with E-state index in [-0.39, 0.29) is 0 Å². The van der Waals surface area contributed by atoms with Gasteiger partial charge >= 0.3 is 0 Å². The van der Waals surface area contributed by atoms with Gasteiger partial charge in [0.2, 0.25) is 0 Å². The molecule has 144 valence electrons. The van der Waals surface area contributed by atoms with Crippen molar-refractivity contribution in [1.29, 1.82) is 0 Å². The van der Waals surface area contributed by atoms with Crippen LogP contribution in [0.5, 0.6) is 0 Å². The van der Waals surface area contributed by atoms with E-state index in [0.717, 1.165) is 55.8 Å². The molecular weight excluding hydrogens is 374 g/mol. The third kappa shape index (κ3) is 2.60. The van der Waals surface area contributed by atoms with E-state index in [0.29, 0.717) is 0 Å². The number of aryl methyl sites for hydroxylation is 1. The predicted octanol–water partition coefficient (Wildman–Crippen LogP) is 4.66. The Balaban J connectivity index is 1.52. The first-order chi connectivity index (χ1) is 14.8. The zero-order valence-corrected chi connectivity index (χ0v) is 16.2. The highest BCUT2D eigenvalue weighted by atomic mass is 15.2. The van der Waals surface area contributed by atoms with E-state index in [1.54, 1.807) is 12.4 Å². The van der Waals surface area contributed by atoms with Crippen LogP contribution in [0, 0.1) is 6.92 Å². The molecule has 0 aliphatic heterocycles. The summed E-state index contributed by atoms with van der Waals surface area (Å²) < 4.78 is 2.04. The Hall–Kier alpha value is -4.26. The molecule has 0 unspecified atom stereocenters. The van der Waals surface area contributed by atoms with Gasteiger partial charge in [0.05, 0.1) is 23.4 Å². The molecule has 6 aromatic rings. The van der Waals surface area contributed by atoms with E-state index >= 15 is 0 Å². The maximum Gasteiger partial charge on any atom is 0.155 e. The molecular formula is C23H17N7. The molecule has 0 aliphatic rings. The largest absolute Gasteiger partial charge is 0.353 e. The number of H-pyrrole nitrogens is 2. The molecule has 0 amide bonds. The van der Waals surface area contributed by atoms with Gasteiger partial charge in [-0.25, -0.2) is 9.97 Å². The summed E-state index contributed by atoms with van der Waals surface area (Å²) in [4.78, 5) is 16.5. The molecule has 5 heterocycles. The number of aromatic nitrogens is 7. The lowest BCUT2D eigenvalue weighted by molar-refractivity contribution is 1.07. The van der Waals surface area contributed by atoms with Crippen molar-refractivity contribution in [2.45, 2.75) is 6.92 Å². The summed E-state index contributed by atoms with van der Waals surface area (Å²) in [5, 5.41) is 9.68. The molecule has 0 atom stereocenters. The highest BCUT2D eigenvalue weighted by molar-refractivity contribution is 5.98. The molecule has 7 nitrogen and oxygen atoms in total. The molecule has 0 saturated heterocycles. The van der Waals surface area contributed by atoms with Crippen LogP contribution in [0.25, 0.3) is 50.1 Å². The van der Waals surface area contributed by atoms with Crippen molar-refractivity contribution in [2.75, 3.05) is 0 Å². The Morgan fingerprint density at radius 2 is 1.83 bits per heavy atom. The molecule has 0 fully saturated rings. The molecule has 0 saturated carbocycles. The van der Waals surface area contributed by atoms with E-state index in [4.69, 9.17) is 0 Å². The molecule has 0 bridgehead atoms. The first kappa shape index (κ1) is 16.7. The van der Waals surface area contributed by atoms with Gasteiger partial charge in [-0.3, -0.25) is 10.1 Å². The van der Waals surface area contributed by atoms with Crippen LogP contribution in [0.4, 0.5) is 0 Å². The van der Waals surface area contributed by atoms with E-state index in [1.807, 2.05) is 48.4 Å². The van der Waals surface area contributed by atoms with Gasteiger partial charge in [0, 0.05) is 46.6 Å². The number of fused-ring (bicyclic) bond motifs is 2. The molecule has 2 N–H and O–H groups in total. The minimum Gasteiger partial charge on any atom is -0.353 e. The van der Waals surface area contributed by atoms with Crippen LogP contribution in [0.2, 0.25) is 0 Å². The lowest BCUT2D eigenvalue weighted by Gasteiger charge is -2.03. The lowest BCUT2D eigenvalue weighted by atomic mass is 10.1. The monoisotopic (exact) mass is 391 g/mol. The first-order valence-electron chi connectivity index (χ1n) is 9.64. The Bertz CT molecular complexity index is 1510. The summed E-state index contributed by atoms with van der Waals surface area (Å²) >= 11 is 0. The predicted molar refractivity (Wildman–Crippen MR) is 116 cm³/mol. The SMILES string of the molecule is Cc1cn(-c2cccc3[nH]c(-c4n[nH]c5ncc(-c6ccncc6)cc45)cc23)cn1. The molecule has 1 aromatic carbocycles. The van der Waals surface area contributed by atoms with Crippen molar-refractivity contribution < 1.29 is 0 Å².